The Bertz CT molecular complexity index is 253. The largest absolute Gasteiger partial charge is 0.261 e. The molecule has 0 atom stereocenters. The highest BCUT2D eigenvalue weighted by atomic mass is 35.5. The standard InChI is InChI=1S/C8H8ClF2N/c9-5-6-2-1-3-12-7(6)4-8(10)11/h1-3,8H,4-5H2. The molecule has 0 N–H and O–H groups in total. The third-order valence-electron chi connectivity index (χ3n) is 1.48. The molecule has 1 aromatic heterocycles. The molecule has 1 rings (SSSR count). The van der Waals surface area contributed by atoms with Gasteiger partial charge in [0.15, 0.2) is 0 Å². The zero-order valence-corrected chi connectivity index (χ0v) is 7.06. The lowest BCUT2D eigenvalue weighted by atomic mass is 10.2. The molecule has 0 aliphatic heterocycles. The summed E-state index contributed by atoms with van der Waals surface area (Å²) in [6.07, 6.45) is -1.18. The summed E-state index contributed by atoms with van der Waals surface area (Å²) in [4.78, 5) is 3.83. The molecule has 12 heavy (non-hydrogen) atoms. The first kappa shape index (κ1) is 9.39. The van der Waals surface area contributed by atoms with Crippen molar-refractivity contribution < 1.29 is 8.78 Å². The smallest absolute Gasteiger partial charge is 0.244 e. The Morgan fingerprint density at radius 3 is 2.83 bits per heavy atom. The Labute approximate surface area is 74.4 Å². The van der Waals surface area contributed by atoms with Gasteiger partial charge in [-0.15, -0.1) is 11.6 Å². The normalized spacial score (nSPS) is 10.7. The van der Waals surface area contributed by atoms with E-state index in [-0.39, 0.29) is 12.3 Å². The molecule has 0 aliphatic rings. The second-order valence-electron chi connectivity index (χ2n) is 2.34. The lowest BCUT2D eigenvalue weighted by Crippen LogP contribution is -2.02. The Kier molecular flexibility index (Phi) is 3.41. The highest BCUT2D eigenvalue weighted by Crippen LogP contribution is 2.12. The number of nitrogens with zero attached hydrogens (tertiary/aromatic N) is 1. The Morgan fingerprint density at radius 2 is 2.25 bits per heavy atom. The van der Waals surface area contributed by atoms with E-state index < -0.39 is 6.43 Å². The zero-order chi connectivity index (χ0) is 8.97. The van der Waals surface area contributed by atoms with Crippen molar-refractivity contribution in [2.45, 2.75) is 18.7 Å². The van der Waals surface area contributed by atoms with E-state index in [9.17, 15) is 8.78 Å². The van der Waals surface area contributed by atoms with Crippen LogP contribution in [0.15, 0.2) is 18.3 Å². The lowest BCUT2D eigenvalue weighted by Gasteiger charge is -2.03. The van der Waals surface area contributed by atoms with E-state index in [1.807, 2.05) is 0 Å². The molecule has 0 fully saturated rings. The number of alkyl halides is 3. The van der Waals surface area contributed by atoms with Gasteiger partial charge in [0.25, 0.3) is 0 Å². The van der Waals surface area contributed by atoms with Crippen molar-refractivity contribution in [3.05, 3.63) is 29.6 Å². The van der Waals surface area contributed by atoms with Crippen LogP contribution in [0.25, 0.3) is 0 Å². The fraction of sp³-hybridized carbons (Fsp3) is 0.375. The van der Waals surface area contributed by atoms with Crippen LogP contribution >= 0.6 is 11.6 Å². The van der Waals surface area contributed by atoms with Gasteiger partial charge in [-0.05, 0) is 11.6 Å². The van der Waals surface area contributed by atoms with Crippen LogP contribution in [0, 0.1) is 0 Å². The van der Waals surface area contributed by atoms with Crippen LogP contribution in [0.3, 0.4) is 0 Å². The van der Waals surface area contributed by atoms with Crippen molar-refractivity contribution >= 4 is 11.6 Å². The van der Waals surface area contributed by atoms with Gasteiger partial charge in [0, 0.05) is 12.1 Å². The maximum Gasteiger partial charge on any atom is 0.244 e. The van der Waals surface area contributed by atoms with E-state index in [2.05, 4.69) is 4.98 Å². The van der Waals surface area contributed by atoms with Gasteiger partial charge in [0.1, 0.15) is 0 Å². The summed E-state index contributed by atoms with van der Waals surface area (Å²) in [6, 6.07) is 3.39. The van der Waals surface area contributed by atoms with Crippen LogP contribution in [0.1, 0.15) is 11.3 Å². The van der Waals surface area contributed by atoms with E-state index in [4.69, 9.17) is 11.6 Å². The predicted molar refractivity (Wildman–Crippen MR) is 43.5 cm³/mol. The molecule has 0 bridgehead atoms. The minimum absolute atomic E-state index is 0.232. The molecule has 66 valence electrons. The third kappa shape index (κ3) is 2.41. The summed E-state index contributed by atoms with van der Waals surface area (Å²) in [5.41, 5.74) is 1.07. The summed E-state index contributed by atoms with van der Waals surface area (Å²) in [5, 5.41) is 0. The lowest BCUT2D eigenvalue weighted by molar-refractivity contribution is 0.147. The number of hydrogen-bond acceptors (Lipinski definition) is 1. The topological polar surface area (TPSA) is 12.9 Å². The Morgan fingerprint density at radius 1 is 1.50 bits per heavy atom. The van der Waals surface area contributed by atoms with Crippen LogP contribution in [0.4, 0.5) is 8.78 Å². The molecular formula is C8H8ClF2N. The van der Waals surface area contributed by atoms with Gasteiger partial charge in [-0.3, -0.25) is 4.98 Å². The van der Waals surface area contributed by atoms with E-state index in [0.29, 0.717) is 11.3 Å². The fourth-order valence-electron chi connectivity index (χ4n) is 0.923. The van der Waals surface area contributed by atoms with Crippen molar-refractivity contribution in [2.24, 2.45) is 0 Å². The molecule has 0 amide bonds. The highest BCUT2D eigenvalue weighted by Gasteiger charge is 2.08. The summed E-state index contributed by atoms with van der Waals surface area (Å²) in [7, 11) is 0. The van der Waals surface area contributed by atoms with Gasteiger partial charge in [0.2, 0.25) is 6.43 Å². The van der Waals surface area contributed by atoms with Crippen molar-refractivity contribution in [3.63, 3.8) is 0 Å². The number of rotatable bonds is 3. The highest BCUT2D eigenvalue weighted by molar-refractivity contribution is 6.17. The molecule has 0 aliphatic carbocycles. The van der Waals surface area contributed by atoms with Gasteiger partial charge in [0.05, 0.1) is 12.1 Å². The second kappa shape index (κ2) is 4.36. The maximum atomic E-state index is 12.0. The van der Waals surface area contributed by atoms with Crippen molar-refractivity contribution in [1.29, 1.82) is 0 Å². The van der Waals surface area contributed by atoms with Gasteiger partial charge in [-0.25, -0.2) is 8.78 Å². The number of aromatic nitrogens is 1. The summed E-state index contributed by atoms with van der Waals surface area (Å²) < 4.78 is 23.9. The third-order valence-corrected chi connectivity index (χ3v) is 1.76. The fourth-order valence-corrected chi connectivity index (χ4v) is 1.17. The van der Waals surface area contributed by atoms with Gasteiger partial charge >= 0.3 is 0 Å². The first-order chi connectivity index (χ1) is 5.74. The van der Waals surface area contributed by atoms with Gasteiger partial charge in [-0.1, -0.05) is 6.07 Å². The quantitative estimate of drug-likeness (QED) is 0.670. The molecule has 0 radical (unpaired) electrons. The van der Waals surface area contributed by atoms with Crippen LogP contribution in [0.2, 0.25) is 0 Å². The predicted octanol–water partition coefficient (Wildman–Crippen LogP) is 2.63. The molecule has 0 saturated heterocycles. The summed E-state index contributed by atoms with van der Waals surface area (Å²) in [6.45, 7) is 0. The van der Waals surface area contributed by atoms with E-state index in [1.54, 1.807) is 12.1 Å². The minimum atomic E-state index is -2.36. The first-order valence-electron chi connectivity index (χ1n) is 3.51. The zero-order valence-electron chi connectivity index (χ0n) is 6.30. The number of halogens is 3. The van der Waals surface area contributed by atoms with E-state index >= 15 is 0 Å². The minimum Gasteiger partial charge on any atom is -0.261 e. The molecule has 0 saturated carbocycles. The van der Waals surface area contributed by atoms with Crippen LogP contribution < -0.4 is 0 Å². The first-order valence-corrected chi connectivity index (χ1v) is 4.04. The summed E-state index contributed by atoms with van der Waals surface area (Å²) in [5.74, 6) is 0.232. The SMILES string of the molecule is FC(F)Cc1ncccc1CCl. The molecule has 1 heterocycles. The average molecular weight is 192 g/mol. The van der Waals surface area contributed by atoms with Gasteiger partial charge in [-0.2, -0.15) is 0 Å². The van der Waals surface area contributed by atoms with E-state index in [1.165, 1.54) is 6.20 Å². The molecule has 0 spiro atoms. The van der Waals surface area contributed by atoms with Gasteiger partial charge < -0.3 is 0 Å². The Balaban J connectivity index is 2.82. The second-order valence-corrected chi connectivity index (χ2v) is 2.61. The van der Waals surface area contributed by atoms with Crippen LogP contribution in [0.5, 0.6) is 0 Å². The number of pyridine rings is 1. The number of hydrogen-bond donors (Lipinski definition) is 0. The van der Waals surface area contributed by atoms with Crippen LogP contribution in [-0.4, -0.2) is 11.4 Å². The molecule has 1 aromatic rings. The van der Waals surface area contributed by atoms with E-state index in [0.717, 1.165) is 0 Å². The van der Waals surface area contributed by atoms with Crippen molar-refractivity contribution in [3.8, 4) is 0 Å². The summed E-state index contributed by atoms with van der Waals surface area (Å²) >= 11 is 5.53. The average Bonchev–Trinajstić information content (AvgIpc) is 2.04. The molecule has 1 nitrogen and oxygen atoms in total. The molecule has 0 unspecified atom stereocenters. The molecule has 4 heteroatoms. The molecule has 0 aromatic carbocycles. The van der Waals surface area contributed by atoms with Crippen molar-refractivity contribution in [1.82, 2.24) is 4.98 Å². The maximum absolute atomic E-state index is 12.0. The van der Waals surface area contributed by atoms with Crippen molar-refractivity contribution in [2.75, 3.05) is 0 Å². The monoisotopic (exact) mass is 191 g/mol. The van der Waals surface area contributed by atoms with Crippen LogP contribution in [-0.2, 0) is 12.3 Å². The molecular weight excluding hydrogens is 184 g/mol. The Hall–Kier alpha value is -0.700.